The van der Waals surface area contributed by atoms with Crippen LogP contribution in [0.3, 0.4) is 0 Å². The third-order valence-electron chi connectivity index (χ3n) is 3.24. The first-order valence-corrected chi connectivity index (χ1v) is 6.72. The summed E-state index contributed by atoms with van der Waals surface area (Å²) in [6.07, 6.45) is 1.88. The number of rotatable bonds is 2. The highest BCUT2D eigenvalue weighted by molar-refractivity contribution is 9.10. The minimum atomic E-state index is -0.198. The van der Waals surface area contributed by atoms with E-state index >= 15 is 0 Å². The maximum absolute atomic E-state index is 13.6. The number of halogens is 2. The first kappa shape index (κ1) is 12.2. The Kier molecular flexibility index (Phi) is 3.03. The third-order valence-corrected chi connectivity index (χ3v) is 3.99. The largest absolute Gasteiger partial charge is 0.398 e. The van der Waals surface area contributed by atoms with Crippen molar-refractivity contribution in [3.63, 3.8) is 0 Å². The molecule has 0 atom stereocenters. The van der Waals surface area contributed by atoms with E-state index in [0.717, 1.165) is 21.2 Å². The smallest absolute Gasteiger partial charge is 0.132 e. The molecule has 0 aliphatic rings. The molecule has 0 unspecified atom stereocenters. The van der Waals surface area contributed by atoms with E-state index in [-0.39, 0.29) is 5.82 Å². The van der Waals surface area contributed by atoms with E-state index in [1.54, 1.807) is 12.1 Å². The van der Waals surface area contributed by atoms with Gasteiger partial charge in [0.1, 0.15) is 5.82 Å². The maximum atomic E-state index is 13.6. The molecule has 2 aromatic carbocycles. The van der Waals surface area contributed by atoms with Crippen molar-refractivity contribution in [1.29, 1.82) is 0 Å². The molecule has 2 N–H and O–H groups in total. The first-order chi connectivity index (χ1) is 9.16. The zero-order valence-corrected chi connectivity index (χ0v) is 11.7. The van der Waals surface area contributed by atoms with Gasteiger partial charge in [-0.15, -0.1) is 0 Å². The molecule has 0 radical (unpaired) electrons. The van der Waals surface area contributed by atoms with E-state index < -0.39 is 0 Å². The molecule has 0 aliphatic carbocycles. The first-order valence-electron chi connectivity index (χ1n) is 5.93. The van der Waals surface area contributed by atoms with Gasteiger partial charge in [0.25, 0.3) is 0 Å². The van der Waals surface area contributed by atoms with Gasteiger partial charge in [0.05, 0.1) is 12.1 Å². The van der Waals surface area contributed by atoms with Crippen LogP contribution in [0.1, 0.15) is 5.56 Å². The Balaban J connectivity index is 2.09. The van der Waals surface area contributed by atoms with Gasteiger partial charge in [0, 0.05) is 27.3 Å². The van der Waals surface area contributed by atoms with Gasteiger partial charge in [-0.2, -0.15) is 0 Å². The van der Waals surface area contributed by atoms with E-state index in [2.05, 4.69) is 15.9 Å². The molecule has 96 valence electrons. The van der Waals surface area contributed by atoms with Gasteiger partial charge in [-0.25, -0.2) is 4.39 Å². The number of aromatic nitrogens is 1. The van der Waals surface area contributed by atoms with E-state index in [1.807, 2.05) is 35.0 Å². The number of nitrogen functional groups attached to an aromatic ring is 1. The van der Waals surface area contributed by atoms with Crippen molar-refractivity contribution in [2.24, 2.45) is 0 Å². The molecule has 0 aliphatic heterocycles. The fourth-order valence-electron chi connectivity index (χ4n) is 2.24. The fraction of sp³-hybridized carbons (Fsp3) is 0.0667. The lowest BCUT2D eigenvalue weighted by atomic mass is 10.2. The molecule has 0 saturated heterocycles. The summed E-state index contributed by atoms with van der Waals surface area (Å²) in [6, 6.07) is 12.6. The summed E-state index contributed by atoms with van der Waals surface area (Å²) in [5.74, 6) is -0.198. The summed E-state index contributed by atoms with van der Waals surface area (Å²) in [7, 11) is 0. The zero-order chi connectivity index (χ0) is 13.4. The van der Waals surface area contributed by atoms with Crippen LogP contribution < -0.4 is 5.73 Å². The van der Waals surface area contributed by atoms with Crippen LogP contribution in [0.15, 0.2) is 53.1 Å². The van der Waals surface area contributed by atoms with E-state index in [4.69, 9.17) is 5.73 Å². The van der Waals surface area contributed by atoms with Crippen LogP contribution in [0.4, 0.5) is 10.1 Å². The summed E-state index contributed by atoms with van der Waals surface area (Å²) in [4.78, 5) is 0. The van der Waals surface area contributed by atoms with Crippen molar-refractivity contribution in [2.75, 3.05) is 5.73 Å². The summed E-state index contributed by atoms with van der Waals surface area (Å²) >= 11 is 3.50. The molecule has 0 fully saturated rings. The van der Waals surface area contributed by atoms with Gasteiger partial charge >= 0.3 is 0 Å². The lowest BCUT2D eigenvalue weighted by Gasteiger charge is -2.10. The van der Waals surface area contributed by atoms with Crippen molar-refractivity contribution in [3.05, 3.63) is 64.5 Å². The van der Waals surface area contributed by atoms with Crippen LogP contribution in [-0.4, -0.2) is 4.57 Å². The van der Waals surface area contributed by atoms with Crippen LogP contribution in [0.2, 0.25) is 0 Å². The molecule has 3 rings (SSSR count). The molecule has 4 heteroatoms. The normalized spacial score (nSPS) is 11.1. The lowest BCUT2D eigenvalue weighted by molar-refractivity contribution is 0.639. The molecule has 19 heavy (non-hydrogen) atoms. The Morgan fingerprint density at radius 1 is 1.11 bits per heavy atom. The highest BCUT2D eigenvalue weighted by Crippen LogP contribution is 2.26. The van der Waals surface area contributed by atoms with Crippen LogP contribution in [0, 0.1) is 5.82 Å². The molecule has 0 bridgehead atoms. The summed E-state index contributed by atoms with van der Waals surface area (Å²) in [5.41, 5.74) is 8.60. The second-order valence-corrected chi connectivity index (χ2v) is 5.28. The van der Waals surface area contributed by atoms with Crippen molar-refractivity contribution in [2.45, 2.75) is 6.54 Å². The molecule has 1 heterocycles. The average molecular weight is 319 g/mol. The van der Waals surface area contributed by atoms with Crippen molar-refractivity contribution >= 4 is 32.5 Å². The number of hydrogen-bond donors (Lipinski definition) is 1. The van der Waals surface area contributed by atoms with E-state index in [0.29, 0.717) is 11.9 Å². The quantitative estimate of drug-likeness (QED) is 0.706. The van der Waals surface area contributed by atoms with Gasteiger partial charge < -0.3 is 10.3 Å². The fourth-order valence-corrected chi connectivity index (χ4v) is 2.74. The van der Waals surface area contributed by atoms with Crippen LogP contribution in [-0.2, 0) is 6.54 Å². The summed E-state index contributed by atoms with van der Waals surface area (Å²) in [5, 5.41) is 0.633. The average Bonchev–Trinajstić information content (AvgIpc) is 2.79. The van der Waals surface area contributed by atoms with Gasteiger partial charge in [0.2, 0.25) is 0 Å². The molecule has 1 aromatic heterocycles. The second-order valence-electron chi connectivity index (χ2n) is 4.42. The lowest BCUT2D eigenvalue weighted by Crippen LogP contribution is -2.02. The van der Waals surface area contributed by atoms with Crippen molar-refractivity contribution in [3.8, 4) is 0 Å². The van der Waals surface area contributed by atoms with Gasteiger partial charge in [-0.05, 0) is 30.3 Å². The monoisotopic (exact) mass is 318 g/mol. The van der Waals surface area contributed by atoms with Gasteiger partial charge in [-0.1, -0.05) is 28.1 Å². The molecular formula is C15H12BrFN2. The molecule has 0 amide bonds. The standard InChI is InChI=1S/C15H12BrFN2/c16-12-3-1-5-14(18)11(12)9-19-8-7-10-13(17)4-2-6-15(10)19/h1-8H,9,18H2. The minimum Gasteiger partial charge on any atom is -0.398 e. The Bertz CT molecular complexity index is 729. The Morgan fingerprint density at radius 2 is 1.89 bits per heavy atom. The number of fused-ring (bicyclic) bond motifs is 1. The predicted molar refractivity (Wildman–Crippen MR) is 79.6 cm³/mol. The molecular weight excluding hydrogens is 307 g/mol. The maximum Gasteiger partial charge on any atom is 0.132 e. The Hall–Kier alpha value is -1.81. The number of benzene rings is 2. The van der Waals surface area contributed by atoms with Crippen LogP contribution >= 0.6 is 15.9 Å². The molecule has 0 spiro atoms. The number of hydrogen-bond acceptors (Lipinski definition) is 1. The van der Waals surface area contributed by atoms with E-state index in [1.165, 1.54) is 6.07 Å². The van der Waals surface area contributed by atoms with Crippen LogP contribution in [0.25, 0.3) is 10.9 Å². The Labute approximate surface area is 118 Å². The second kappa shape index (κ2) is 4.70. The Morgan fingerprint density at radius 3 is 2.68 bits per heavy atom. The molecule has 3 aromatic rings. The highest BCUT2D eigenvalue weighted by atomic mass is 79.9. The zero-order valence-electron chi connectivity index (χ0n) is 10.1. The van der Waals surface area contributed by atoms with E-state index in [9.17, 15) is 4.39 Å². The summed E-state index contributed by atoms with van der Waals surface area (Å²) in [6.45, 7) is 0.611. The molecule has 0 saturated carbocycles. The van der Waals surface area contributed by atoms with Crippen molar-refractivity contribution < 1.29 is 4.39 Å². The minimum absolute atomic E-state index is 0.198. The summed E-state index contributed by atoms with van der Waals surface area (Å²) < 4.78 is 16.6. The SMILES string of the molecule is Nc1cccc(Br)c1Cn1ccc2c(F)cccc21. The number of anilines is 1. The number of nitrogens with zero attached hydrogens (tertiary/aromatic N) is 1. The molecule has 2 nitrogen and oxygen atoms in total. The highest BCUT2D eigenvalue weighted by Gasteiger charge is 2.09. The van der Waals surface area contributed by atoms with Gasteiger partial charge in [-0.3, -0.25) is 0 Å². The van der Waals surface area contributed by atoms with Gasteiger partial charge in [0.15, 0.2) is 0 Å². The van der Waals surface area contributed by atoms with Crippen LogP contribution in [0.5, 0.6) is 0 Å². The number of nitrogens with two attached hydrogens (primary N) is 1. The predicted octanol–water partition coefficient (Wildman–Crippen LogP) is 4.17. The van der Waals surface area contributed by atoms with Crippen molar-refractivity contribution in [1.82, 2.24) is 4.57 Å². The third kappa shape index (κ3) is 2.12. The topological polar surface area (TPSA) is 30.9 Å².